The summed E-state index contributed by atoms with van der Waals surface area (Å²) in [6, 6.07) is 11.3. The van der Waals surface area contributed by atoms with E-state index in [4.69, 9.17) is 11.5 Å². The summed E-state index contributed by atoms with van der Waals surface area (Å²) in [6.45, 7) is 2.22. The molecular weight excluding hydrogens is 473 g/mol. The summed E-state index contributed by atoms with van der Waals surface area (Å²) >= 11 is 0. The molecule has 1 aliphatic rings. The van der Waals surface area contributed by atoms with E-state index in [0.717, 1.165) is 42.6 Å². The SMILES string of the molecule is C[C@H](Nc1cc(C(N)=O)nc(-c2ccc3c(c2)CCCCN3c2ccc(C(F)(F)F)cc2)n1)C(N)=O. The van der Waals surface area contributed by atoms with E-state index in [0.29, 0.717) is 17.8 Å². The zero-order valence-electron chi connectivity index (χ0n) is 19.5. The number of carbonyl (C=O) groups excluding carboxylic acids is 2. The lowest BCUT2D eigenvalue weighted by molar-refractivity contribution is -0.137. The van der Waals surface area contributed by atoms with Gasteiger partial charge in [-0.3, -0.25) is 9.59 Å². The maximum atomic E-state index is 13.0. The monoisotopic (exact) mass is 498 g/mol. The zero-order chi connectivity index (χ0) is 26.0. The van der Waals surface area contributed by atoms with Crippen molar-refractivity contribution in [1.82, 2.24) is 9.97 Å². The standard InChI is InChI=1S/C25H25F3N6O2/c1-14(22(29)35)31-21-13-19(23(30)36)32-24(33-21)16-5-10-20-15(12-16)4-2-3-11-34(20)18-8-6-17(7-9-18)25(26,27)28/h5-10,12-14H,2-4,11H2,1H3,(H2,29,35)(H2,30,36)(H,31,32,33)/t14-/m0/s1. The number of primary amides is 2. The summed E-state index contributed by atoms with van der Waals surface area (Å²) in [5.74, 6) is -0.888. The molecule has 36 heavy (non-hydrogen) atoms. The number of aromatic nitrogens is 2. The van der Waals surface area contributed by atoms with Crippen LogP contribution in [0.5, 0.6) is 0 Å². The summed E-state index contributed by atoms with van der Waals surface area (Å²) in [5, 5.41) is 2.84. The van der Waals surface area contributed by atoms with E-state index in [1.165, 1.54) is 18.2 Å². The van der Waals surface area contributed by atoms with Crippen LogP contribution in [-0.2, 0) is 17.4 Å². The van der Waals surface area contributed by atoms with Gasteiger partial charge in [0.1, 0.15) is 17.6 Å². The van der Waals surface area contributed by atoms with Gasteiger partial charge in [0.2, 0.25) is 5.91 Å². The molecule has 0 saturated carbocycles. The number of benzene rings is 2. The highest BCUT2D eigenvalue weighted by molar-refractivity contribution is 5.92. The Morgan fingerprint density at radius 3 is 2.39 bits per heavy atom. The van der Waals surface area contributed by atoms with Gasteiger partial charge in [-0.15, -0.1) is 0 Å². The van der Waals surface area contributed by atoms with Crippen molar-refractivity contribution in [2.75, 3.05) is 16.8 Å². The maximum absolute atomic E-state index is 13.0. The largest absolute Gasteiger partial charge is 0.416 e. The number of halogens is 3. The molecule has 1 atom stereocenters. The van der Waals surface area contributed by atoms with Crippen molar-refractivity contribution in [3.05, 3.63) is 65.4 Å². The van der Waals surface area contributed by atoms with E-state index in [2.05, 4.69) is 15.3 Å². The Hall–Kier alpha value is -4.15. The average Bonchev–Trinajstić information content (AvgIpc) is 3.05. The molecule has 2 heterocycles. The smallest absolute Gasteiger partial charge is 0.368 e. The molecule has 11 heteroatoms. The minimum Gasteiger partial charge on any atom is -0.368 e. The molecule has 8 nitrogen and oxygen atoms in total. The first-order valence-electron chi connectivity index (χ1n) is 11.4. The molecule has 0 saturated heterocycles. The van der Waals surface area contributed by atoms with Crippen molar-refractivity contribution < 1.29 is 22.8 Å². The zero-order valence-corrected chi connectivity index (χ0v) is 19.5. The van der Waals surface area contributed by atoms with Crippen LogP contribution in [0.15, 0.2) is 48.5 Å². The number of nitrogens with two attached hydrogens (primary N) is 2. The Morgan fingerprint density at radius 1 is 1.03 bits per heavy atom. The van der Waals surface area contributed by atoms with Crippen molar-refractivity contribution >= 4 is 29.0 Å². The molecule has 0 unspecified atom stereocenters. The number of amides is 2. The van der Waals surface area contributed by atoms with Crippen LogP contribution in [0, 0.1) is 0 Å². The van der Waals surface area contributed by atoms with Crippen LogP contribution < -0.4 is 21.7 Å². The number of aryl methyl sites for hydroxylation is 1. The van der Waals surface area contributed by atoms with E-state index >= 15 is 0 Å². The number of carbonyl (C=O) groups is 2. The highest BCUT2D eigenvalue weighted by atomic mass is 19.4. The number of hydrogen-bond donors (Lipinski definition) is 3. The van der Waals surface area contributed by atoms with Gasteiger partial charge in [-0.1, -0.05) is 0 Å². The normalized spacial score (nSPS) is 14.5. The number of rotatable bonds is 6. The predicted molar refractivity (Wildman–Crippen MR) is 130 cm³/mol. The van der Waals surface area contributed by atoms with Crippen LogP contribution in [0.25, 0.3) is 11.4 Å². The van der Waals surface area contributed by atoms with Crippen LogP contribution in [-0.4, -0.2) is 34.4 Å². The van der Waals surface area contributed by atoms with E-state index in [9.17, 15) is 22.8 Å². The first-order chi connectivity index (χ1) is 17.0. The maximum Gasteiger partial charge on any atom is 0.416 e. The van der Waals surface area contributed by atoms with Crippen LogP contribution in [0.2, 0.25) is 0 Å². The van der Waals surface area contributed by atoms with Gasteiger partial charge in [0.15, 0.2) is 5.82 Å². The molecule has 2 aromatic carbocycles. The van der Waals surface area contributed by atoms with Crippen molar-refractivity contribution in [1.29, 1.82) is 0 Å². The Balaban J connectivity index is 1.71. The molecule has 0 bridgehead atoms. The van der Waals surface area contributed by atoms with E-state index < -0.39 is 29.6 Å². The van der Waals surface area contributed by atoms with Gasteiger partial charge in [0, 0.05) is 29.5 Å². The fourth-order valence-corrected chi connectivity index (χ4v) is 4.06. The molecule has 0 fully saturated rings. The first kappa shape index (κ1) is 25.0. The van der Waals surface area contributed by atoms with Crippen molar-refractivity contribution in [2.45, 2.75) is 38.4 Å². The minimum atomic E-state index is -4.40. The fraction of sp³-hybridized carbons (Fsp3) is 0.280. The number of fused-ring (bicyclic) bond motifs is 1. The van der Waals surface area contributed by atoms with Gasteiger partial charge in [0.05, 0.1) is 5.56 Å². The number of nitrogens with zero attached hydrogens (tertiary/aromatic N) is 3. The number of hydrogen-bond acceptors (Lipinski definition) is 6. The van der Waals surface area contributed by atoms with E-state index in [1.54, 1.807) is 13.0 Å². The van der Waals surface area contributed by atoms with Gasteiger partial charge >= 0.3 is 6.18 Å². The predicted octanol–water partition coefficient (Wildman–Crippen LogP) is 4.02. The van der Waals surface area contributed by atoms with Crippen molar-refractivity contribution in [2.24, 2.45) is 11.5 Å². The topological polar surface area (TPSA) is 127 Å². The highest BCUT2D eigenvalue weighted by Crippen LogP contribution is 2.37. The van der Waals surface area contributed by atoms with Gasteiger partial charge in [0.25, 0.3) is 5.91 Å². The third-order valence-electron chi connectivity index (χ3n) is 5.98. The van der Waals surface area contributed by atoms with Crippen LogP contribution in [0.1, 0.15) is 41.4 Å². The number of anilines is 3. The summed E-state index contributed by atoms with van der Waals surface area (Å²) in [6.07, 6.45) is -1.90. The van der Waals surface area contributed by atoms with Gasteiger partial charge in [-0.25, -0.2) is 9.97 Å². The number of nitrogens with one attached hydrogen (secondary N) is 1. The average molecular weight is 499 g/mol. The first-order valence-corrected chi connectivity index (χ1v) is 11.4. The Labute approximate surface area is 205 Å². The van der Waals surface area contributed by atoms with Gasteiger partial charge < -0.3 is 21.7 Å². The fourth-order valence-electron chi connectivity index (χ4n) is 4.06. The molecular formula is C25H25F3N6O2. The Bertz CT molecular complexity index is 1290. The molecule has 5 N–H and O–H groups in total. The molecule has 188 valence electrons. The van der Waals surface area contributed by atoms with E-state index in [1.807, 2.05) is 17.0 Å². The summed E-state index contributed by atoms with van der Waals surface area (Å²) in [5.41, 5.74) is 13.2. The summed E-state index contributed by atoms with van der Waals surface area (Å²) < 4.78 is 39.0. The molecule has 2 amide bonds. The highest BCUT2D eigenvalue weighted by Gasteiger charge is 2.30. The van der Waals surface area contributed by atoms with Gasteiger partial charge in [-0.05, 0) is 74.2 Å². The minimum absolute atomic E-state index is 0.0273. The molecule has 0 spiro atoms. The lowest BCUT2D eigenvalue weighted by Crippen LogP contribution is -2.33. The lowest BCUT2D eigenvalue weighted by Gasteiger charge is -2.26. The van der Waals surface area contributed by atoms with E-state index in [-0.39, 0.29) is 17.3 Å². The van der Waals surface area contributed by atoms with Crippen LogP contribution in [0.3, 0.4) is 0 Å². The quantitative estimate of drug-likeness (QED) is 0.471. The van der Waals surface area contributed by atoms with Crippen LogP contribution >= 0.6 is 0 Å². The molecule has 0 radical (unpaired) electrons. The third-order valence-corrected chi connectivity index (χ3v) is 5.98. The van der Waals surface area contributed by atoms with Crippen LogP contribution in [0.4, 0.5) is 30.4 Å². The Morgan fingerprint density at radius 2 is 1.75 bits per heavy atom. The molecule has 1 aromatic heterocycles. The van der Waals surface area contributed by atoms with Gasteiger partial charge in [-0.2, -0.15) is 13.2 Å². The molecule has 3 aromatic rings. The lowest BCUT2D eigenvalue weighted by atomic mass is 10.0. The second kappa shape index (κ2) is 9.84. The summed E-state index contributed by atoms with van der Waals surface area (Å²) in [4.78, 5) is 34.0. The molecule has 0 aliphatic carbocycles. The number of alkyl halides is 3. The summed E-state index contributed by atoms with van der Waals surface area (Å²) in [7, 11) is 0. The Kier molecular flexibility index (Phi) is 6.82. The third kappa shape index (κ3) is 5.40. The molecule has 1 aliphatic heterocycles. The van der Waals surface area contributed by atoms with Crippen molar-refractivity contribution in [3.63, 3.8) is 0 Å². The second-order valence-corrected chi connectivity index (χ2v) is 8.59. The van der Waals surface area contributed by atoms with Crippen molar-refractivity contribution in [3.8, 4) is 11.4 Å². The second-order valence-electron chi connectivity index (χ2n) is 8.59. The molecule has 4 rings (SSSR count).